The van der Waals surface area contributed by atoms with Crippen molar-refractivity contribution in [3.63, 3.8) is 0 Å². The van der Waals surface area contributed by atoms with Gasteiger partial charge in [0, 0.05) is 0 Å². The molecule has 0 aromatic rings. The first-order chi connectivity index (χ1) is 6.92. The Morgan fingerprint density at radius 2 is 1.12 bits per heavy atom. The van der Waals surface area contributed by atoms with Crippen molar-refractivity contribution in [2.24, 2.45) is 0 Å². The quantitative estimate of drug-likeness (QED) is 0.474. The average Bonchev–Trinajstić information content (AvgIpc) is 1.96. The van der Waals surface area contributed by atoms with Gasteiger partial charge in [-0.1, -0.05) is 0 Å². The summed E-state index contributed by atoms with van der Waals surface area (Å²) in [6.45, 7) is 13.5. The van der Waals surface area contributed by atoms with Crippen molar-refractivity contribution < 1.29 is 23.6 Å². The van der Waals surface area contributed by atoms with Gasteiger partial charge < -0.3 is 9.47 Å². The van der Waals surface area contributed by atoms with E-state index in [-0.39, 0.29) is 0 Å². The van der Waals surface area contributed by atoms with Crippen LogP contribution in [0.1, 0.15) is 41.5 Å². The Balaban J connectivity index is 4.47. The van der Waals surface area contributed by atoms with Gasteiger partial charge in [0.05, 0.1) is 0 Å². The van der Waals surface area contributed by atoms with E-state index >= 15 is 0 Å². The van der Waals surface area contributed by atoms with Gasteiger partial charge in [0.1, 0.15) is 11.2 Å². The number of carbonyl (C=O) groups is 2. The zero-order chi connectivity index (χ0) is 13.1. The van der Waals surface area contributed by atoms with E-state index in [1.54, 1.807) is 41.5 Å². The molecule has 92 valence electrons. The van der Waals surface area contributed by atoms with E-state index in [4.69, 9.17) is 9.47 Å². The molecule has 0 heterocycles. The minimum absolute atomic E-state index is 0.566. The third-order valence-corrected chi connectivity index (χ3v) is 1.23. The van der Waals surface area contributed by atoms with Crippen LogP contribution in [0.5, 0.6) is 0 Å². The molecule has 0 aliphatic heterocycles. The van der Waals surface area contributed by atoms with Crippen LogP contribution in [0.2, 0.25) is 0 Å². The van der Waals surface area contributed by atoms with Gasteiger partial charge in [0.2, 0.25) is 0 Å². The molecule has 0 fully saturated rings. The van der Waals surface area contributed by atoms with Crippen molar-refractivity contribution in [1.82, 2.24) is 0 Å². The monoisotopic (exact) mass is 230 g/mol. The van der Waals surface area contributed by atoms with Crippen LogP contribution in [0.4, 0.5) is 9.59 Å². The third kappa shape index (κ3) is 6.16. The zero-order valence-corrected chi connectivity index (χ0v) is 10.8. The second-order valence-electron chi connectivity index (χ2n) is 5.39. The standard InChI is InChI=1S/C11H20NO4/c1-10(2,3)15-8(13)12(7)9(14)16-11(4,5)6/h7H2,1-6H3/q+1. The molecule has 0 N–H and O–H groups in total. The zero-order valence-electron chi connectivity index (χ0n) is 10.8. The third-order valence-electron chi connectivity index (χ3n) is 1.23. The minimum atomic E-state index is -0.832. The fourth-order valence-corrected chi connectivity index (χ4v) is 0.709. The van der Waals surface area contributed by atoms with Crippen LogP contribution in [0.3, 0.4) is 0 Å². The average molecular weight is 230 g/mol. The van der Waals surface area contributed by atoms with Gasteiger partial charge in [-0.2, -0.15) is 9.59 Å². The molecule has 0 saturated heterocycles. The maximum atomic E-state index is 11.4. The van der Waals surface area contributed by atoms with Crippen molar-refractivity contribution in [3.05, 3.63) is 0 Å². The first-order valence-corrected chi connectivity index (χ1v) is 4.99. The van der Waals surface area contributed by atoms with Gasteiger partial charge in [0.15, 0.2) is 6.72 Å². The van der Waals surface area contributed by atoms with E-state index in [9.17, 15) is 9.59 Å². The second-order valence-corrected chi connectivity index (χ2v) is 5.39. The summed E-state index contributed by atoms with van der Waals surface area (Å²) in [5.74, 6) is 0. The number of ether oxygens (including phenoxy) is 2. The predicted octanol–water partition coefficient (Wildman–Crippen LogP) is 2.57. The summed E-state index contributed by atoms with van der Waals surface area (Å²) >= 11 is 0. The molecule has 16 heavy (non-hydrogen) atoms. The number of hydrogen-bond donors (Lipinski definition) is 0. The number of hydrogen-bond acceptors (Lipinski definition) is 4. The minimum Gasteiger partial charge on any atom is -0.406 e. The number of imide groups is 1. The highest BCUT2D eigenvalue weighted by molar-refractivity contribution is 5.76. The summed E-state index contributed by atoms with van der Waals surface area (Å²) in [7, 11) is 0. The lowest BCUT2D eigenvalue weighted by Crippen LogP contribution is -2.36. The molecule has 0 rings (SSSR count). The van der Waals surface area contributed by atoms with Crippen molar-refractivity contribution in [2.45, 2.75) is 52.7 Å². The maximum Gasteiger partial charge on any atom is 0.608 e. The Kier molecular flexibility index (Phi) is 4.23. The lowest BCUT2D eigenvalue weighted by atomic mass is 10.2. The molecule has 0 unspecified atom stereocenters. The lowest BCUT2D eigenvalue weighted by Gasteiger charge is -2.18. The first kappa shape index (κ1) is 14.6. The molecule has 0 aliphatic carbocycles. The van der Waals surface area contributed by atoms with Crippen molar-refractivity contribution in [2.75, 3.05) is 0 Å². The van der Waals surface area contributed by atoms with E-state index in [2.05, 4.69) is 6.72 Å². The van der Waals surface area contributed by atoms with Gasteiger partial charge in [-0.15, -0.1) is 0 Å². The molecule has 0 aromatic carbocycles. The molecule has 0 radical (unpaired) electrons. The van der Waals surface area contributed by atoms with Crippen LogP contribution in [0.15, 0.2) is 0 Å². The lowest BCUT2D eigenvalue weighted by molar-refractivity contribution is -0.372. The van der Waals surface area contributed by atoms with E-state index in [0.29, 0.717) is 4.58 Å². The molecule has 0 aromatic heterocycles. The first-order valence-electron chi connectivity index (χ1n) is 4.99. The molecule has 0 spiro atoms. The van der Waals surface area contributed by atoms with Gasteiger partial charge >= 0.3 is 12.2 Å². The highest BCUT2D eigenvalue weighted by atomic mass is 16.6. The van der Waals surface area contributed by atoms with Gasteiger partial charge in [-0.3, -0.25) is 0 Å². The number of carbonyl (C=O) groups excluding carboxylic acids is 2. The highest BCUT2D eigenvalue weighted by Crippen LogP contribution is 2.11. The second kappa shape index (κ2) is 4.63. The Morgan fingerprint density at radius 3 is 1.31 bits per heavy atom. The summed E-state index contributed by atoms with van der Waals surface area (Å²) in [5, 5.41) is 0. The van der Waals surface area contributed by atoms with E-state index in [1.165, 1.54) is 0 Å². The van der Waals surface area contributed by atoms with Crippen molar-refractivity contribution in [3.8, 4) is 0 Å². The van der Waals surface area contributed by atoms with Crippen LogP contribution in [0, 0.1) is 0 Å². The van der Waals surface area contributed by atoms with E-state index in [1.807, 2.05) is 0 Å². The fraction of sp³-hybridized carbons (Fsp3) is 0.727. The van der Waals surface area contributed by atoms with Crippen LogP contribution in [-0.4, -0.2) is 34.7 Å². The molecule has 5 heteroatoms. The van der Waals surface area contributed by atoms with Crippen LogP contribution in [0.25, 0.3) is 0 Å². The summed E-state index contributed by atoms with van der Waals surface area (Å²) in [6, 6.07) is 0. The SMILES string of the molecule is C=[N+](C(=O)OC(C)(C)C)C(=O)OC(C)(C)C. The fourth-order valence-electron chi connectivity index (χ4n) is 0.709. The predicted molar refractivity (Wildman–Crippen MR) is 59.8 cm³/mol. The van der Waals surface area contributed by atoms with Crippen molar-refractivity contribution in [1.29, 1.82) is 0 Å². The number of rotatable bonds is 0. The largest absolute Gasteiger partial charge is 0.608 e. The Labute approximate surface area is 96.0 Å². The Morgan fingerprint density at radius 1 is 0.875 bits per heavy atom. The summed E-state index contributed by atoms with van der Waals surface area (Å²) in [6.07, 6.45) is -1.66. The number of nitrogens with zero attached hydrogens (tertiary/aromatic N) is 1. The Bertz CT molecular complexity index is 277. The molecule has 0 atom stereocenters. The molecular formula is C11H20NO4+. The van der Waals surface area contributed by atoms with Gasteiger partial charge in [0.25, 0.3) is 0 Å². The molecule has 0 bridgehead atoms. The number of amides is 2. The highest BCUT2D eigenvalue weighted by Gasteiger charge is 2.34. The van der Waals surface area contributed by atoms with Gasteiger partial charge in [-0.25, -0.2) is 0 Å². The molecule has 5 nitrogen and oxygen atoms in total. The van der Waals surface area contributed by atoms with E-state index in [0.717, 1.165) is 0 Å². The smallest absolute Gasteiger partial charge is 0.406 e. The van der Waals surface area contributed by atoms with Gasteiger partial charge in [-0.05, 0) is 46.1 Å². The van der Waals surface area contributed by atoms with Crippen LogP contribution < -0.4 is 0 Å². The Hall–Kier alpha value is -1.39. The van der Waals surface area contributed by atoms with Crippen LogP contribution in [-0.2, 0) is 9.47 Å². The summed E-state index contributed by atoms with van der Waals surface area (Å²) in [4.78, 5) is 22.9. The van der Waals surface area contributed by atoms with Crippen LogP contribution >= 0.6 is 0 Å². The summed E-state index contributed by atoms with van der Waals surface area (Å²) in [5.41, 5.74) is -1.34. The molecule has 2 amide bonds. The van der Waals surface area contributed by atoms with E-state index < -0.39 is 23.4 Å². The molecule has 0 aliphatic rings. The van der Waals surface area contributed by atoms with Crippen molar-refractivity contribution >= 4 is 18.9 Å². The summed E-state index contributed by atoms with van der Waals surface area (Å²) < 4.78 is 10.5. The maximum absolute atomic E-state index is 11.4. The topological polar surface area (TPSA) is 55.6 Å². The normalized spacial score (nSPS) is 11.9. The molecule has 0 saturated carbocycles. The molecular weight excluding hydrogens is 210 g/mol.